The average Bonchev–Trinajstić information content (AvgIpc) is 2.89. The van der Waals surface area contributed by atoms with E-state index in [1.54, 1.807) is 78.9 Å². The molecule has 3 aromatic carbocycles. The van der Waals surface area contributed by atoms with Gasteiger partial charge in [0.15, 0.2) is 5.78 Å². The molecule has 1 aliphatic heterocycles. The third kappa shape index (κ3) is 6.48. The van der Waals surface area contributed by atoms with E-state index in [0.29, 0.717) is 59.5 Å². The molecule has 0 amide bonds. The highest BCUT2D eigenvalue weighted by Gasteiger charge is 2.29. The minimum atomic E-state index is -3.50. The van der Waals surface area contributed by atoms with Gasteiger partial charge >= 0.3 is 0 Å². The lowest BCUT2D eigenvalue weighted by Crippen LogP contribution is -2.50. The number of β-amino-alcohol motifs (C(OH)–C–C–N with tert-alkyl or cyclic N) is 1. The second-order valence-electron chi connectivity index (χ2n) is 8.34. The zero-order valence-electron chi connectivity index (χ0n) is 19.1. The third-order valence-corrected chi connectivity index (χ3v) is 8.01. The van der Waals surface area contributed by atoms with E-state index in [-0.39, 0.29) is 12.4 Å². The summed E-state index contributed by atoms with van der Waals surface area (Å²) in [4.78, 5) is 14.9. The number of benzene rings is 3. The molecule has 0 radical (unpaired) electrons. The predicted molar refractivity (Wildman–Crippen MR) is 134 cm³/mol. The molecule has 3 aromatic rings. The topological polar surface area (TPSA) is 87.2 Å². The highest BCUT2D eigenvalue weighted by molar-refractivity contribution is 7.89. The van der Waals surface area contributed by atoms with E-state index in [1.165, 1.54) is 4.31 Å². The minimum absolute atomic E-state index is 0.0903. The Bertz CT molecular complexity index is 1230. The lowest BCUT2D eigenvalue weighted by atomic mass is 10.0. The van der Waals surface area contributed by atoms with Gasteiger partial charge in [-0.1, -0.05) is 29.8 Å². The number of hydrogen-bond acceptors (Lipinski definition) is 6. The number of sulfonamides is 1. The van der Waals surface area contributed by atoms with Crippen LogP contribution in [0.5, 0.6) is 5.75 Å². The van der Waals surface area contributed by atoms with Gasteiger partial charge in [-0.05, 0) is 60.7 Å². The van der Waals surface area contributed by atoms with Crippen LogP contribution in [0.3, 0.4) is 0 Å². The Hall–Kier alpha value is -2.75. The van der Waals surface area contributed by atoms with E-state index in [0.717, 1.165) is 0 Å². The van der Waals surface area contributed by atoms with Crippen LogP contribution >= 0.6 is 11.6 Å². The van der Waals surface area contributed by atoms with E-state index in [2.05, 4.69) is 0 Å². The number of nitrogens with zero attached hydrogens (tertiary/aromatic N) is 2. The molecule has 0 unspecified atom stereocenters. The fourth-order valence-corrected chi connectivity index (χ4v) is 5.48. The highest BCUT2D eigenvalue weighted by atomic mass is 35.5. The molecule has 1 fully saturated rings. The van der Waals surface area contributed by atoms with Gasteiger partial charge in [0.05, 0.1) is 4.90 Å². The van der Waals surface area contributed by atoms with E-state index >= 15 is 0 Å². The summed E-state index contributed by atoms with van der Waals surface area (Å²) in [6, 6.07) is 21.9. The van der Waals surface area contributed by atoms with Crippen molar-refractivity contribution in [2.75, 3.05) is 39.3 Å². The number of aliphatic hydroxyl groups excluding tert-OH is 1. The molecule has 4 rings (SSSR count). The van der Waals surface area contributed by atoms with Crippen LogP contribution in [-0.2, 0) is 10.0 Å². The van der Waals surface area contributed by atoms with E-state index < -0.39 is 16.1 Å². The van der Waals surface area contributed by atoms with Crippen LogP contribution in [0, 0.1) is 0 Å². The van der Waals surface area contributed by atoms with Gasteiger partial charge < -0.3 is 9.84 Å². The van der Waals surface area contributed by atoms with Gasteiger partial charge in [0.25, 0.3) is 0 Å². The average molecular weight is 515 g/mol. The molecule has 0 spiro atoms. The fraction of sp³-hybridized carbons (Fsp3) is 0.269. The van der Waals surface area contributed by atoms with Crippen LogP contribution in [0.1, 0.15) is 15.9 Å². The van der Waals surface area contributed by atoms with Gasteiger partial charge in [-0.15, -0.1) is 0 Å². The Balaban J connectivity index is 1.23. The molecule has 0 aromatic heterocycles. The van der Waals surface area contributed by atoms with Crippen LogP contribution in [-0.4, -0.2) is 73.9 Å². The van der Waals surface area contributed by atoms with Crippen molar-refractivity contribution >= 4 is 27.4 Å². The van der Waals surface area contributed by atoms with Crippen LogP contribution < -0.4 is 4.74 Å². The first-order valence-electron chi connectivity index (χ1n) is 11.3. The summed E-state index contributed by atoms with van der Waals surface area (Å²) in [5.74, 6) is 0.442. The molecule has 0 aliphatic carbocycles. The molecule has 0 saturated carbocycles. The standard InChI is InChI=1S/C26H27ClN2O5S/c27-22-10-6-20(7-11-22)26(31)21-8-12-24(13-9-21)34-19-23(30)18-28-14-16-29(17-15-28)35(32,33)25-4-2-1-3-5-25/h1-13,23,30H,14-19H2/t23-/m1/s1. The maximum Gasteiger partial charge on any atom is 0.243 e. The van der Waals surface area contributed by atoms with Crippen molar-refractivity contribution in [3.63, 3.8) is 0 Å². The largest absolute Gasteiger partial charge is 0.491 e. The van der Waals surface area contributed by atoms with Crippen molar-refractivity contribution in [2.24, 2.45) is 0 Å². The van der Waals surface area contributed by atoms with Gasteiger partial charge in [0, 0.05) is 48.9 Å². The number of halogens is 1. The molecule has 1 N–H and O–H groups in total. The summed E-state index contributed by atoms with van der Waals surface area (Å²) >= 11 is 5.87. The second kappa shape index (κ2) is 11.3. The Labute approximate surface area is 210 Å². The van der Waals surface area contributed by atoms with Gasteiger partial charge in [0.1, 0.15) is 18.5 Å². The number of carbonyl (C=O) groups is 1. The van der Waals surface area contributed by atoms with Crippen LogP contribution in [0.15, 0.2) is 83.8 Å². The molecule has 184 valence electrons. The maximum absolute atomic E-state index is 12.7. The zero-order valence-corrected chi connectivity index (χ0v) is 20.7. The van der Waals surface area contributed by atoms with Gasteiger partial charge in [-0.2, -0.15) is 4.31 Å². The Kier molecular flexibility index (Phi) is 8.20. The number of carbonyl (C=O) groups excluding carboxylic acids is 1. The number of aliphatic hydroxyl groups is 1. The lowest BCUT2D eigenvalue weighted by Gasteiger charge is -2.34. The molecular formula is C26H27ClN2O5S. The summed E-state index contributed by atoms with van der Waals surface area (Å²) in [5, 5.41) is 11.0. The third-order valence-electron chi connectivity index (χ3n) is 5.85. The van der Waals surface area contributed by atoms with Crippen molar-refractivity contribution < 1.29 is 23.1 Å². The van der Waals surface area contributed by atoms with E-state index in [4.69, 9.17) is 16.3 Å². The first-order valence-corrected chi connectivity index (χ1v) is 13.1. The molecule has 1 saturated heterocycles. The Morgan fingerprint density at radius 1 is 0.886 bits per heavy atom. The number of hydrogen-bond donors (Lipinski definition) is 1. The molecule has 35 heavy (non-hydrogen) atoms. The minimum Gasteiger partial charge on any atom is -0.491 e. The monoisotopic (exact) mass is 514 g/mol. The van der Waals surface area contributed by atoms with E-state index in [9.17, 15) is 18.3 Å². The first kappa shape index (κ1) is 25.3. The van der Waals surface area contributed by atoms with Crippen molar-refractivity contribution in [1.29, 1.82) is 0 Å². The van der Waals surface area contributed by atoms with Gasteiger partial charge in [-0.25, -0.2) is 8.42 Å². The summed E-state index contributed by atoms with van der Waals surface area (Å²) in [7, 11) is -3.50. The smallest absolute Gasteiger partial charge is 0.243 e. The lowest BCUT2D eigenvalue weighted by molar-refractivity contribution is 0.0569. The number of ether oxygens (including phenoxy) is 1. The molecule has 7 nitrogen and oxygen atoms in total. The predicted octanol–water partition coefficient (Wildman–Crippen LogP) is 3.32. The first-order chi connectivity index (χ1) is 16.8. The summed E-state index contributed by atoms with van der Waals surface area (Å²) in [5.41, 5.74) is 1.08. The van der Waals surface area contributed by atoms with Gasteiger partial charge in [0.2, 0.25) is 10.0 Å². The van der Waals surface area contributed by atoms with Crippen molar-refractivity contribution in [3.05, 3.63) is 95.0 Å². The van der Waals surface area contributed by atoms with Crippen molar-refractivity contribution in [3.8, 4) is 5.75 Å². The molecular weight excluding hydrogens is 488 g/mol. The van der Waals surface area contributed by atoms with Crippen molar-refractivity contribution in [1.82, 2.24) is 9.21 Å². The normalized spacial score (nSPS) is 16.1. The number of rotatable bonds is 9. The maximum atomic E-state index is 12.7. The Morgan fingerprint density at radius 3 is 2.06 bits per heavy atom. The zero-order chi connectivity index (χ0) is 24.8. The molecule has 1 atom stereocenters. The molecule has 0 bridgehead atoms. The summed E-state index contributed by atoms with van der Waals surface area (Å²) in [6.45, 7) is 2.27. The summed E-state index contributed by atoms with van der Waals surface area (Å²) in [6.07, 6.45) is -0.734. The van der Waals surface area contributed by atoms with Crippen LogP contribution in [0.4, 0.5) is 0 Å². The summed E-state index contributed by atoms with van der Waals surface area (Å²) < 4.78 is 32.7. The SMILES string of the molecule is O=C(c1ccc(Cl)cc1)c1ccc(OC[C@H](O)CN2CCN(S(=O)(=O)c3ccccc3)CC2)cc1. The van der Waals surface area contributed by atoms with Crippen LogP contribution in [0.25, 0.3) is 0 Å². The van der Waals surface area contributed by atoms with Crippen LogP contribution in [0.2, 0.25) is 5.02 Å². The van der Waals surface area contributed by atoms with E-state index in [1.807, 2.05) is 4.90 Å². The molecule has 1 aliphatic rings. The van der Waals surface area contributed by atoms with Gasteiger partial charge in [-0.3, -0.25) is 9.69 Å². The molecule has 9 heteroatoms. The quantitative estimate of drug-likeness (QED) is 0.441. The fourth-order valence-electron chi connectivity index (χ4n) is 3.91. The van der Waals surface area contributed by atoms with Crippen molar-refractivity contribution in [2.45, 2.75) is 11.0 Å². The molecule has 1 heterocycles. The Morgan fingerprint density at radius 2 is 1.46 bits per heavy atom. The number of piperazine rings is 1. The number of ketones is 1. The second-order valence-corrected chi connectivity index (χ2v) is 10.7. The highest BCUT2D eigenvalue weighted by Crippen LogP contribution is 2.19.